The molecule has 0 spiro atoms. The number of rotatable bonds is 5. The molecule has 1 rings (SSSR count). The Labute approximate surface area is 118 Å². The van der Waals surface area contributed by atoms with Gasteiger partial charge in [0.1, 0.15) is 5.75 Å². The molecule has 1 aromatic carbocycles. The van der Waals surface area contributed by atoms with E-state index in [1.165, 1.54) is 0 Å². The fraction of sp³-hybridized carbons (Fsp3) is 0.500. The Morgan fingerprint density at radius 3 is 2.05 bits per heavy atom. The van der Waals surface area contributed by atoms with Gasteiger partial charge in [-0.1, -0.05) is 18.2 Å². The van der Waals surface area contributed by atoms with E-state index in [4.69, 9.17) is 8.85 Å². The molecule has 0 bridgehead atoms. The molecule has 19 heavy (non-hydrogen) atoms. The molecule has 1 atom stereocenters. The van der Waals surface area contributed by atoms with Gasteiger partial charge < -0.3 is 8.85 Å². The number of hydrogen-bond donors (Lipinski definition) is 0. The van der Waals surface area contributed by atoms with E-state index in [0.29, 0.717) is 0 Å². The van der Waals surface area contributed by atoms with Gasteiger partial charge in [-0.25, -0.2) is 0 Å². The van der Waals surface area contributed by atoms with E-state index in [2.05, 4.69) is 45.4 Å². The Kier molecular flexibility index (Phi) is 4.96. The van der Waals surface area contributed by atoms with Crippen LogP contribution in [0.1, 0.15) is 11.7 Å². The van der Waals surface area contributed by atoms with Crippen LogP contribution in [0.2, 0.25) is 39.3 Å². The van der Waals surface area contributed by atoms with E-state index in [-0.39, 0.29) is 0 Å². The lowest BCUT2D eigenvalue weighted by Crippen LogP contribution is -2.31. The molecular weight excluding hydrogens is 270 g/mol. The smallest absolute Gasteiger partial charge is 0.242 e. The van der Waals surface area contributed by atoms with Gasteiger partial charge in [-0.2, -0.15) is 5.26 Å². The summed E-state index contributed by atoms with van der Waals surface area (Å²) in [5.74, 6) is 0.784. The fourth-order valence-electron chi connectivity index (χ4n) is 1.63. The average molecular weight is 294 g/mol. The van der Waals surface area contributed by atoms with Crippen LogP contribution in [0.25, 0.3) is 0 Å². The maximum absolute atomic E-state index is 9.37. The van der Waals surface area contributed by atoms with Gasteiger partial charge in [-0.3, -0.25) is 0 Å². The molecule has 0 saturated heterocycles. The lowest BCUT2D eigenvalue weighted by Gasteiger charge is -2.26. The van der Waals surface area contributed by atoms with Crippen molar-refractivity contribution in [3.8, 4) is 11.8 Å². The van der Waals surface area contributed by atoms with Crippen LogP contribution in [0.15, 0.2) is 24.3 Å². The summed E-state index contributed by atoms with van der Waals surface area (Å²) in [4.78, 5) is 0. The monoisotopic (exact) mass is 293 g/mol. The largest absolute Gasteiger partial charge is 0.544 e. The van der Waals surface area contributed by atoms with Crippen LogP contribution in [0.3, 0.4) is 0 Å². The molecular formula is C14H23NO2Si2. The molecule has 0 aromatic heterocycles. The van der Waals surface area contributed by atoms with Gasteiger partial charge in [0.05, 0.1) is 6.07 Å². The van der Waals surface area contributed by atoms with Gasteiger partial charge in [0.15, 0.2) is 14.4 Å². The molecule has 0 heterocycles. The molecule has 1 aromatic rings. The van der Waals surface area contributed by atoms with Crippen LogP contribution in [-0.4, -0.2) is 16.6 Å². The first-order valence-electron chi connectivity index (χ1n) is 6.48. The minimum atomic E-state index is -1.77. The number of para-hydroxylation sites is 1. The Bertz CT molecular complexity index is 470. The Morgan fingerprint density at radius 1 is 1.00 bits per heavy atom. The first-order chi connectivity index (χ1) is 8.62. The second-order valence-electron chi connectivity index (χ2n) is 6.49. The maximum Gasteiger partial charge on any atom is 0.242 e. The normalized spacial score (nSPS) is 13.7. The zero-order valence-electron chi connectivity index (χ0n) is 12.7. The third-order valence-electron chi connectivity index (χ3n) is 2.21. The van der Waals surface area contributed by atoms with Gasteiger partial charge in [0.25, 0.3) is 0 Å². The van der Waals surface area contributed by atoms with Gasteiger partial charge in [-0.15, -0.1) is 0 Å². The highest BCUT2D eigenvalue weighted by Gasteiger charge is 2.26. The molecule has 0 aliphatic rings. The summed E-state index contributed by atoms with van der Waals surface area (Å²) in [6, 6.07) is 9.94. The predicted octanol–water partition coefficient (Wildman–Crippen LogP) is 4.32. The molecule has 3 nitrogen and oxygen atoms in total. The van der Waals surface area contributed by atoms with Gasteiger partial charge in [0.2, 0.25) is 8.32 Å². The third kappa shape index (κ3) is 5.60. The molecule has 0 aliphatic heterocycles. The molecule has 5 heteroatoms. The van der Waals surface area contributed by atoms with Crippen molar-refractivity contribution in [3.63, 3.8) is 0 Å². The molecule has 0 radical (unpaired) electrons. The van der Waals surface area contributed by atoms with Crippen molar-refractivity contribution in [2.75, 3.05) is 0 Å². The number of nitrogens with zero attached hydrogens (tertiary/aromatic N) is 1. The summed E-state index contributed by atoms with van der Waals surface area (Å²) in [5, 5.41) is 9.37. The number of benzene rings is 1. The van der Waals surface area contributed by atoms with E-state index in [1.54, 1.807) is 0 Å². The zero-order chi connectivity index (χ0) is 14.7. The third-order valence-corrected chi connectivity index (χ3v) is 3.98. The van der Waals surface area contributed by atoms with Crippen LogP contribution in [0.5, 0.6) is 5.75 Å². The van der Waals surface area contributed by atoms with Crippen molar-refractivity contribution in [3.05, 3.63) is 29.8 Å². The molecule has 104 valence electrons. The lowest BCUT2D eigenvalue weighted by atomic mass is 10.1. The first-order valence-corrected chi connectivity index (χ1v) is 13.3. The fourth-order valence-corrected chi connectivity index (χ4v) is 3.37. The second-order valence-corrected chi connectivity index (χ2v) is 15.4. The minimum Gasteiger partial charge on any atom is -0.544 e. The summed E-state index contributed by atoms with van der Waals surface area (Å²) >= 11 is 0. The van der Waals surface area contributed by atoms with Gasteiger partial charge in [0, 0.05) is 5.56 Å². The maximum atomic E-state index is 9.37. The Balaban J connectivity index is 3.08. The highest BCUT2D eigenvalue weighted by atomic mass is 28.4. The number of hydrogen-bond acceptors (Lipinski definition) is 3. The summed E-state index contributed by atoms with van der Waals surface area (Å²) in [7, 11) is -3.47. The Hall–Kier alpha value is -1.10. The van der Waals surface area contributed by atoms with E-state index in [1.807, 2.05) is 24.3 Å². The highest BCUT2D eigenvalue weighted by Crippen LogP contribution is 2.31. The number of nitriles is 1. The molecule has 0 fully saturated rings. The van der Waals surface area contributed by atoms with Crippen molar-refractivity contribution in [1.29, 1.82) is 5.26 Å². The van der Waals surface area contributed by atoms with E-state index >= 15 is 0 Å². The van der Waals surface area contributed by atoms with Crippen molar-refractivity contribution in [1.82, 2.24) is 0 Å². The quantitative estimate of drug-likeness (QED) is 0.759. The van der Waals surface area contributed by atoms with Crippen LogP contribution in [0, 0.1) is 11.3 Å². The topological polar surface area (TPSA) is 42.2 Å². The molecule has 1 unspecified atom stereocenters. The zero-order valence-corrected chi connectivity index (χ0v) is 14.7. The van der Waals surface area contributed by atoms with Crippen molar-refractivity contribution in [2.24, 2.45) is 0 Å². The van der Waals surface area contributed by atoms with Crippen molar-refractivity contribution < 1.29 is 8.85 Å². The van der Waals surface area contributed by atoms with Crippen LogP contribution < -0.4 is 4.43 Å². The lowest BCUT2D eigenvalue weighted by molar-refractivity contribution is 0.251. The summed E-state index contributed by atoms with van der Waals surface area (Å²) in [6.45, 7) is 12.6. The average Bonchev–Trinajstić information content (AvgIpc) is 2.23. The second kappa shape index (κ2) is 5.91. The van der Waals surface area contributed by atoms with Crippen LogP contribution in [0.4, 0.5) is 0 Å². The van der Waals surface area contributed by atoms with E-state index in [0.717, 1.165) is 11.3 Å². The summed E-state index contributed by atoms with van der Waals surface area (Å²) in [6.07, 6.45) is -0.542. The summed E-state index contributed by atoms with van der Waals surface area (Å²) < 4.78 is 12.0. The SMILES string of the molecule is C[Si](C)(C)Oc1ccccc1C(C#N)O[Si](C)(C)C. The van der Waals surface area contributed by atoms with Crippen molar-refractivity contribution >= 4 is 16.6 Å². The molecule has 0 aliphatic carbocycles. The van der Waals surface area contributed by atoms with E-state index < -0.39 is 22.7 Å². The standard InChI is InChI=1S/C14H23NO2Si2/c1-18(2,3)16-13-10-8-7-9-12(13)14(11-15)17-19(4,5)6/h7-10,14H,1-6H3. The molecule has 0 N–H and O–H groups in total. The molecule has 0 amide bonds. The minimum absolute atomic E-state index is 0.542. The van der Waals surface area contributed by atoms with E-state index in [9.17, 15) is 5.26 Å². The summed E-state index contributed by atoms with van der Waals surface area (Å²) in [5.41, 5.74) is 0.842. The van der Waals surface area contributed by atoms with Crippen LogP contribution >= 0.6 is 0 Å². The van der Waals surface area contributed by atoms with Gasteiger partial charge >= 0.3 is 0 Å². The van der Waals surface area contributed by atoms with Crippen LogP contribution in [-0.2, 0) is 4.43 Å². The van der Waals surface area contributed by atoms with Crippen molar-refractivity contribution in [2.45, 2.75) is 45.4 Å². The molecule has 0 saturated carbocycles. The first kappa shape index (κ1) is 16.0. The predicted molar refractivity (Wildman–Crippen MR) is 83.2 cm³/mol. The van der Waals surface area contributed by atoms with Gasteiger partial charge in [-0.05, 0) is 45.3 Å². The highest BCUT2D eigenvalue weighted by molar-refractivity contribution is 6.70. The Morgan fingerprint density at radius 2 is 1.58 bits per heavy atom.